The van der Waals surface area contributed by atoms with Crippen molar-refractivity contribution in [3.05, 3.63) is 76.6 Å². The van der Waals surface area contributed by atoms with Gasteiger partial charge in [-0.25, -0.2) is 0 Å². The summed E-state index contributed by atoms with van der Waals surface area (Å²) in [7, 11) is 0. The van der Waals surface area contributed by atoms with Gasteiger partial charge in [0.25, 0.3) is 0 Å². The van der Waals surface area contributed by atoms with Crippen LogP contribution in [0.2, 0.25) is 0 Å². The Kier molecular flexibility index (Phi) is 5.12. The standard InChI is InChI=1S/C30H34O2/c31-29-15-13-23(25-5-1-3-7-27(25)29)21-11-9-20-18-22(12-10-19(20)17-21)24-14-16-30(32)28-8-4-2-6-26(24)28/h1,3-5,7-8,13,15,19-22,31-32H,2,6,9-12,14,16-18H2. The first kappa shape index (κ1) is 20.1. The van der Waals surface area contributed by atoms with Crippen LogP contribution >= 0.6 is 0 Å². The summed E-state index contributed by atoms with van der Waals surface area (Å²) in [5.74, 6) is 4.05. The molecule has 2 N–H and O–H groups in total. The molecule has 32 heavy (non-hydrogen) atoms. The van der Waals surface area contributed by atoms with E-state index in [0.717, 1.165) is 54.4 Å². The number of allylic oxidation sites excluding steroid dienone is 6. The van der Waals surface area contributed by atoms with E-state index < -0.39 is 0 Å². The molecule has 0 aliphatic heterocycles. The third-order valence-corrected chi connectivity index (χ3v) is 8.98. The van der Waals surface area contributed by atoms with Crippen molar-refractivity contribution in [2.75, 3.05) is 0 Å². The molecule has 6 rings (SSSR count). The Morgan fingerprint density at radius 2 is 1.47 bits per heavy atom. The van der Waals surface area contributed by atoms with E-state index in [4.69, 9.17) is 0 Å². The highest BCUT2D eigenvalue weighted by atomic mass is 16.3. The zero-order valence-electron chi connectivity index (χ0n) is 18.9. The van der Waals surface area contributed by atoms with Crippen LogP contribution in [-0.4, -0.2) is 10.2 Å². The number of rotatable bonds is 2. The average Bonchev–Trinajstić information content (AvgIpc) is 2.84. The monoisotopic (exact) mass is 426 g/mol. The van der Waals surface area contributed by atoms with Gasteiger partial charge in [-0.05, 0) is 104 Å². The minimum Gasteiger partial charge on any atom is -0.512 e. The van der Waals surface area contributed by atoms with E-state index in [9.17, 15) is 10.2 Å². The average molecular weight is 427 g/mol. The first-order chi connectivity index (χ1) is 15.7. The van der Waals surface area contributed by atoms with Gasteiger partial charge in [0.2, 0.25) is 0 Å². The summed E-state index contributed by atoms with van der Waals surface area (Å²) in [6.45, 7) is 0. The van der Waals surface area contributed by atoms with Crippen LogP contribution in [0.5, 0.6) is 5.75 Å². The van der Waals surface area contributed by atoms with Gasteiger partial charge in [0.05, 0.1) is 0 Å². The number of hydrogen-bond acceptors (Lipinski definition) is 2. The summed E-state index contributed by atoms with van der Waals surface area (Å²) in [5, 5.41) is 23.0. The highest BCUT2D eigenvalue weighted by molar-refractivity contribution is 5.91. The summed E-state index contributed by atoms with van der Waals surface area (Å²) in [6.07, 6.45) is 16.5. The number of aliphatic hydroxyl groups excluding tert-OH is 1. The number of phenols is 1. The quantitative estimate of drug-likeness (QED) is 0.509. The van der Waals surface area contributed by atoms with Crippen LogP contribution < -0.4 is 0 Å². The highest BCUT2D eigenvalue weighted by Gasteiger charge is 2.38. The molecule has 2 aromatic rings. The van der Waals surface area contributed by atoms with E-state index in [2.05, 4.69) is 30.4 Å². The fraction of sp³-hybridized carbons (Fsp3) is 0.467. The topological polar surface area (TPSA) is 40.5 Å². The molecular formula is C30H34O2. The van der Waals surface area contributed by atoms with Crippen LogP contribution in [0.4, 0.5) is 0 Å². The predicted octanol–water partition coefficient (Wildman–Crippen LogP) is 8.10. The fourth-order valence-corrected chi connectivity index (χ4v) is 7.41. The maximum absolute atomic E-state index is 10.4. The minimum atomic E-state index is 0.401. The molecule has 0 bridgehead atoms. The van der Waals surface area contributed by atoms with Crippen LogP contribution in [0.15, 0.2) is 71.0 Å². The molecular weight excluding hydrogens is 392 g/mol. The largest absolute Gasteiger partial charge is 0.512 e. The highest BCUT2D eigenvalue weighted by Crippen LogP contribution is 2.52. The van der Waals surface area contributed by atoms with Crippen LogP contribution in [0, 0.1) is 17.8 Å². The van der Waals surface area contributed by atoms with Gasteiger partial charge in [0.15, 0.2) is 0 Å². The first-order valence-electron chi connectivity index (χ1n) is 12.7. The number of aliphatic hydroxyl groups is 1. The summed E-state index contributed by atoms with van der Waals surface area (Å²) < 4.78 is 0. The molecule has 2 saturated carbocycles. The van der Waals surface area contributed by atoms with Crippen molar-refractivity contribution in [2.24, 2.45) is 17.8 Å². The van der Waals surface area contributed by atoms with Crippen LogP contribution in [0.1, 0.15) is 75.7 Å². The van der Waals surface area contributed by atoms with Crippen molar-refractivity contribution >= 4 is 10.8 Å². The second-order valence-electron chi connectivity index (χ2n) is 10.6. The molecule has 4 aliphatic rings. The second kappa shape index (κ2) is 8.14. The van der Waals surface area contributed by atoms with Gasteiger partial charge in [-0.15, -0.1) is 0 Å². The summed E-state index contributed by atoms with van der Waals surface area (Å²) in [5.41, 5.74) is 5.77. The number of fused-ring (bicyclic) bond motifs is 3. The fourth-order valence-electron chi connectivity index (χ4n) is 7.41. The molecule has 2 aromatic carbocycles. The van der Waals surface area contributed by atoms with Gasteiger partial charge in [-0.1, -0.05) is 48.1 Å². The van der Waals surface area contributed by atoms with Crippen molar-refractivity contribution < 1.29 is 10.2 Å². The van der Waals surface area contributed by atoms with Crippen molar-refractivity contribution in [1.29, 1.82) is 0 Å². The third kappa shape index (κ3) is 3.39. The smallest absolute Gasteiger partial charge is 0.123 e. The number of phenolic OH excluding ortho intramolecular Hbond substituents is 1. The van der Waals surface area contributed by atoms with Crippen LogP contribution in [0.3, 0.4) is 0 Å². The molecule has 0 saturated heterocycles. The zero-order chi connectivity index (χ0) is 21.7. The molecule has 2 heteroatoms. The Balaban J connectivity index is 1.21. The Labute approximate surface area is 191 Å². The predicted molar refractivity (Wildman–Crippen MR) is 131 cm³/mol. The van der Waals surface area contributed by atoms with Crippen molar-refractivity contribution in [1.82, 2.24) is 0 Å². The lowest BCUT2D eigenvalue weighted by molar-refractivity contribution is 0.128. The van der Waals surface area contributed by atoms with Gasteiger partial charge in [-0.3, -0.25) is 0 Å². The number of aromatic hydroxyl groups is 1. The Bertz CT molecular complexity index is 1130. The molecule has 0 heterocycles. The van der Waals surface area contributed by atoms with E-state index in [-0.39, 0.29) is 0 Å². The van der Waals surface area contributed by atoms with E-state index in [1.165, 1.54) is 55.0 Å². The lowest BCUT2D eigenvalue weighted by atomic mass is 9.61. The third-order valence-electron chi connectivity index (χ3n) is 8.98. The summed E-state index contributed by atoms with van der Waals surface area (Å²) >= 11 is 0. The van der Waals surface area contributed by atoms with Gasteiger partial charge >= 0.3 is 0 Å². The first-order valence-corrected chi connectivity index (χ1v) is 12.7. The van der Waals surface area contributed by atoms with Crippen LogP contribution in [0.25, 0.3) is 10.8 Å². The molecule has 0 aromatic heterocycles. The maximum Gasteiger partial charge on any atom is 0.123 e. The number of benzene rings is 2. The molecule has 4 aliphatic carbocycles. The van der Waals surface area contributed by atoms with Gasteiger partial charge in [-0.2, -0.15) is 0 Å². The van der Waals surface area contributed by atoms with Crippen LogP contribution in [-0.2, 0) is 0 Å². The lowest BCUT2D eigenvalue weighted by Gasteiger charge is -2.44. The van der Waals surface area contributed by atoms with Crippen molar-refractivity contribution in [2.45, 2.75) is 70.1 Å². The summed E-state index contributed by atoms with van der Waals surface area (Å²) in [4.78, 5) is 0. The van der Waals surface area contributed by atoms with Crippen molar-refractivity contribution in [3.8, 4) is 5.75 Å². The number of hydrogen-bond donors (Lipinski definition) is 2. The Morgan fingerprint density at radius 3 is 2.31 bits per heavy atom. The molecule has 2 nitrogen and oxygen atoms in total. The molecule has 0 amide bonds. The normalized spacial score (nSPS) is 30.4. The molecule has 4 atom stereocenters. The molecule has 0 spiro atoms. The van der Waals surface area contributed by atoms with Gasteiger partial charge in [0, 0.05) is 17.4 Å². The van der Waals surface area contributed by atoms with E-state index in [0.29, 0.717) is 17.4 Å². The summed E-state index contributed by atoms with van der Waals surface area (Å²) in [6, 6.07) is 12.4. The van der Waals surface area contributed by atoms with E-state index in [1.807, 2.05) is 18.2 Å². The maximum atomic E-state index is 10.4. The SMILES string of the molecule is OC1=C2C=CCCC2=C(C2CCC3CC(c4ccc(O)c5ccccc45)CCC3C2)CC1. The molecule has 4 unspecified atom stereocenters. The molecule has 0 radical (unpaired) electrons. The Hall–Kier alpha value is -2.48. The van der Waals surface area contributed by atoms with E-state index in [1.54, 1.807) is 5.57 Å². The zero-order valence-corrected chi connectivity index (χ0v) is 18.9. The lowest BCUT2D eigenvalue weighted by Crippen LogP contribution is -2.32. The second-order valence-corrected chi connectivity index (χ2v) is 10.6. The van der Waals surface area contributed by atoms with Gasteiger partial charge in [0.1, 0.15) is 11.5 Å². The Morgan fingerprint density at radius 1 is 0.719 bits per heavy atom. The molecule has 166 valence electrons. The minimum absolute atomic E-state index is 0.401. The molecule has 2 fully saturated rings. The van der Waals surface area contributed by atoms with Crippen molar-refractivity contribution in [3.63, 3.8) is 0 Å². The van der Waals surface area contributed by atoms with Gasteiger partial charge < -0.3 is 10.2 Å². The van der Waals surface area contributed by atoms with E-state index >= 15 is 0 Å².